The number of aromatic nitrogens is 2. The number of likely N-dealkylation sites (N-methyl/N-ethyl adjacent to an activating group) is 1. The van der Waals surface area contributed by atoms with Gasteiger partial charge in [-0.15, -0.1) is 0 Å². The first kappa shape index (κ1) is 29.7. The number of para-hydroxylation sites is 1. The molecule has 1 aromatic heterocycles. The van der Waals surface area contributed by atoms with Gasteiger partial charge < -0.3 is 15.0 Å². The third-order valence-corrected chi connectivity index (χ3v) is 8.14. The Kier molecular flexibility index (Phi) is 9.23. The summed E-state index contributed by atoms with van der Waals surface area (Å²) in [6.45, 7) is 4.67. The van der Waals surface area contributed by atoms with Crippen LogP contribution in [0, 0.1) is 0 Å². The minimum absolute atomic E-state index is 0.142. The minimum atomic E-state index is -0.408. The Hall–Kier alpha value is -3.76. The molecule has 42 heavy (non-hydrogen) atoms. The summed E-state index contributed by atoms with van der Waals surface area (Å²) < 4.78 is 6.91. The van der Waals surface area contributed by atoms with Gasteiger partial charge in [0.1, 0.15) is 6.54 Å². The maximum atomic E-state index is 13.8. The number of carbonyl (C=O) groups is 2. The molecular weight excluding hydrogens is 577 g/mol. The summed E-state index contributed by atoms with van der Waals surface area (Å²) in [7, 11) is 1.76. The molecule has 1 N–H and O–H groups in total. The average molecular weight is 609 g/mol. The van der Waals surface area contributed by atoms with Gasteiger partial charge in [-0.3, -0.25) is 23.9 Å². The van der Waals surface area contributed by atoms with E-state index in [2.05, 4.69) is 15.2 Å². The van der Waals surface area contributed by atoms with E-state index in [1.807, 2.05) is 48.5 Å². The second-order valence-corrected chi connectivity index (χ2v) is 11.0. The number of halogens is 2. The van der Waals surface area contributed by atoms with Crippen molar-refractivity contribution in [3.8, 4) is 11.1 Å². The topological polar surface area (TPSA) is 96.8 Å². The van der Waals surface area contributed by atoms with Crippen LogP contribution in [0.25, 0.3) is 22.2 Å². The highest BCUT2D eigenvalue weighted by molar-refractivity contribution is 6.42. The molecule has 1 unspecified atom stereocenters. The predicted molar refractivity (Wildman–Crippen MR) is 165 cm³/mol. The highest BCUT2D eigenvalue weighted by Crippen LogP contribution is 2.31. The van der Waals surface area contributed by atoms with Crippen LogP contribution in [0.5, 0.6) is 0 Å². The summed E-state index contributed by atoms with van der Waals surface area (Å²) in [6, 6.07) is 18.5. The van der Waals surface area contributed by atoms with Gasteiger partial charge in [0.15, 0.2) is 0 Å². The summed E-state index contributed by atoms with van der Waals surface area (Å²) in [6.07, 6.45) is 1.18. The molecule has 0 saturated carbocycles. The number of fused-ring (bicyclic) bond motifs is 1. The molecule has 0 aliphatic carbocycles. The molecule has 0 spiro atoms. The largest absolute Gasteiger partial charge is 0.379 e. The van der Waals surface area contributed by atoms with Gasteiger partial charge in [-0.1, -0.05) is 65.7 Å². The van der Waals surface area contributed by atoms with Crippen LogP contribution in [0.1, 0.15) is 18.5 Å². The Morgan fingerprint density at radius 1 is 1.05 bits per heavy atom. The van der Waals surface area contributed by atoms with Gasteiger partial charge in [-0.2, -0.15) is 0 Å². The fourth-order valence-corrected chi connectivity index (χ4v) is 5.46. The number of carbonyl (C=O) groups excluding carboxylic acids is 2. The van der Waals surface area contributed by atoms with Crippen molar-refractivity contribution in [3.63, 3.8) is 0 Å². The lowest BCUT2D eigenvalue weighted by Crippen LogP contribution is -2.45. The van der Waals surface area contributed by atoms with Crippen LogP contribution in [0.2, 0.25) is 10.0 Å². The van der Waals surface area contributed by atoms with E-state index >= 15 is 0 Å². The Morgan fingerprint density at radius 2 is 1.74 bits per heavy atom. The van der Waals surface area contributed by atoms with Gasteiger partial charge in [-0.25, -0.2) is 4.98 Å². The van der Waals surface area contributed by atoms with Crippen LogP contribution in [0.4, 0.5) is 5.69 Å². The summed E-state index contributed by atoms with van der Waals surface area (Å²) >= 11 is 12.4. The fraction of sp³-hybridized carbons (Fsp3) is 0.290. The Morgan fingerprint density at radius 3 is 2.45 bits per heavy atom. The summed E-state index contributed by atoms with van der Waals surface area (Å²) in [4.78, 5) is 46.4. The summed E-state index contributed by atoms with van der Waals surface area (Å²) in [5, 5.41) is 3.48. The number of anilines is 1. The van der Waals surface area contributed by atoms with Crippen LogP contribution >= 0.6 is 23.2 Å². The predicted octanol–water partition coefficient (Wildman–Crippen LogP) is 4.86. The number of benzene rings is 3. The maximum absolute atomic E-state index is 13.8. The zero-order chi connectivity index (χ0) is 29.8. The highest BCUT2D eigenvalue weighted by atomic mass is 35.5. The number of nitrogens with zero attached hydrogens (tertiary/aromatic N) is 4. The molecule has 3 aromatic carbocycles. The molecule has 4 aromatic rings. The summed E-state index contributed by atoms with van der Waals surface area (Å²) in [5.41, 5.74) is 4.01. The van der Waals surface area contributed by atoms with Gasteiger partial charge in [0.25, 0.3) is 5.56 Å². The lowest BCUT2D eigenvalue weighted by molar-refractivity contribution is -0.133. The van der Waals surface area contributed by atoms with E-state index in [9.17, 15) is 14.4 Å². The van der Waals surface area contributed by atoms with Gasteiger partial charge >= 0.3 is 0 Å². The van der Waals surface area contributed by atoms with Crippen molar-refractivity contribution in [1.82, 2.24) is 19.4 Å². The molecule has 2 heterocycles. The van der Waals surface area contributed by atoms with E-state index in [0.29, 0.717) is 35.8 Å². The van der Waals surface area contributed by atoms with Crippen molar-refractivity contribution < 1.29 is 14.3 Å². The molecule has 11 heteroatoms. The van der Waals surface area contributed by atoms with Crippen LogP contribution in [-0.4, -0.2) is 71.1 Å². The number of hydrogen-bond acceptors (Lipinski definition) is 6. The third-order valence-electron chi connectivity index (χ3n) is 7.42. The average Bonchev–Trinajstić information content (AvgIpc) is 2.98. The Labute approximate surface area is 253 Å². The molecule has 9 nitrogen and oxygen atoms in total. The first-order valence-corrected chi connectivity index (χ1v) is 14.3. The van der Waals surface area contributed by atoms with E-state index in [-0.39, 0.29) is 29.4 Å². The van der Waals surface area contributed by atoms with Crippen molar-refractivity contribution in [1.29, 1.82) is 0 Å². The highest BCUT2D eigenvalue weighted by Gasteiger charge is 2.26. The van der Waals surface area contributed by atoms with Gasteiger partial charge in [0, 0.05) is 44.9 Å². The van der Waals surface area contributed by atoms with Gasteiger partial charge in [-0.05, 0) is 29.3 Å². The Bertz CT molecular complexity index is 1670. The van der Waals surface area contributed by atoms with E-state index in [0.717, 1.165) is 35.5 Å². The van der Waals surface area contributed by atoms with Crippen LogP contribution in [0.15, 0.2) is 71.7 Å². The SMILES string of the molecule is CC(=O)Nc1ccccc1-c1ccc(C(CN2CCOCC2)N(C)C(=O)Cn2c(=O)cnc3cc(Cl)c(Cl)cc32)cc1. The number of nitrogens with one attached hydrogen (secondary N) is 1. The van der Waals surface area contributed by atoms with E-state index < -0.39 is 5.56 Å². The lowest BCUT2D eigenvalue weighted by atomic mass is 9.98. The molecule has 1 saturated heterocycles. The lowest BCUT2D eigenvalue weighted by Gasteiger charge is -2.35. The van der Waals surface area contributed by atoms with Crippen LogP contribution in [-0.2, 0) is 20.9 Å². The van der Waals surface area contributed by atoms with Crippen LogP contribution < -0.4 is 10.9 Å². The number of ether oxygens (including phenoxy) is 1. The number of rotatable bonds is 8. The second kappa shape index (κ2) is 13.0. The number of hydrogen-bond donors (Lipinski definition) is 1. The second-order valence-electron chi connectivity index (χ2n) is 10.2. The Balaban J connectivity index is 1.45. The van der Waals surface area contributed by atoms with Crippen molar-refractivity contribution in [2.24, 2.45) is 0 Å². The molecule has 2 amide bonds. The molecule has 1 aliphatic rings. The molecule has 1 fully saturated rings. The standard InChI is InChI=1S/C31H31Cl2N5O4/c1-20(39)35-26-6-4-3-5-23(26)21-7-9-22(10-8-21)29(18-37-11-13-42-14-12-37)36(2)31(41)19-38-28-16-25(33)24(32)15-27(28)34-17-30(38)40/h3-10,15-17,29H,11-14,18-19H2,1-2H3,(H,35,39). The summed E-state index contributed by atoms with van der Waals surface area (Å²) in [5.74, 6) is -0.384. The molecule has 1 atom stereocenters. The molecule has 1 aliphatic heterocycles. The van der Waals surface area contributed by atoms with E-state index in [4.69, 9.17) is 27.9 Å². The molecule has 5 rings (SSSR count). The van der Waals surface area contributed by atoms with Crippen molar-refractivity contribution >= 4 is 51.7 Å². The molecular formula is C31H31Cl2N5O4. The zero-order valence-electron chi connectivity index (χ0n) is 23.3. The van der Waals surface area contributed by atoms with Crippen molar-refractivity contribution in [2.75, 3.05) is 45.2 Å². The van der Waals surface area contributed by atoms with E-state index in [1.165, 1.54) is 17.7 Å². The van der Waals surface area contributed by atoms with Crippen molar-refractivity contribution in [3.05, 3.63) is 92.8 Å². The first-order chi connectivity index (χ1) is 20.2. The minimum Gasteiger partial charge on any atom is -0.379 e. The normalized spacial score (nSPS) is 14.5. The molecule has 0 radical (unpaired) electrons. The third kappa shape index (κ3) is 6.65. The monoisotopic (exact) mass is 607 g/mol. The quantitative estimate of drug-likeness (QED) is 0.307. The fourth-order valence-electron chi connectivity index (χ4n) is 5.14. The molecule has 218 valence electrons. The van der Waals surface area contributed by atoms with Gasteiger partial charge in [0.05, 0.1) is 46.5 Å². The van der Waals surface area contributed by atoms with E-state index in [1.54, 1.807) is 24.1 Å². The molecule has 0 bridgehead atoms. The number of amides is 2. The van der Waals surface area contributed by atoms with Crippen LogP contribution in [0.3, 0.4) is 0 Å². The maximum Gasteiger partial charge on any atom is 0.269 e. The zero-order valence-corrected chi connectivity index (χ0v) is 24.9. The number of morpholine rings is 1. The van der Waals surface area contributed by atoms with Crippen molar-refractivity contribution in [2.45, 2.75) is 19.5 Å². The first-order valence-electron chi connectivity index (χ1n) is 13.6. The van der Waals surface area contributed by atoms with Gasteiger partial charge in [0.2, 0.25) is 11.8 Å². The smallest absolute Gasteiger partial charge is 0.269 e.